The average molecular weight is 334 g/mol. The number of ether oxygens (including phenoxy) is 2. The molecule has 3 amide bonds. The number of hydrogen-bond acceptors (Lipinski definition) is 5. The monoisotopic (exact) mass is 334 g/mol. The van der Waals surface area contributed by atoms with E-state index in [1.807, 2.05) is 23.1 Å². The maximum atomic E-state index is 12.3. The molecule has 0 saturated carbocycles. The molecule has 0 spiro atoms. The smallest absolute Gasteiger partial charge is 0.317 e. The first-order chi connectivity index (χ1) is 11.6. The van der Waals surface area contributed by atoms with Crippen molar-refractivity contribution in [2.45, 2.75) is 13.0 Å². The predicted molar refractivity (Wildman–Crippen MR) is 86.6 cm³/mol. The summed E-state index contributed by atoms with van der Waals surface area (Å²) in [5, 5.41) is 2.92. The third kappa shape index (κ3) is 4.08. The topological polar surface area (TPSA) is 97.1 Å². The van der Waals surface area contributed by atoms with Gasteiger partial charge in [-0.25, -0.2) is 4.79 Å². The molecule has 1 saturated heterocycles. The van der Waals surface area contributed by atoms with Crippen molar-refractivity contribution in [1.82, 2.24) is 15.1 Å². The van der Waals surface area contributed by atoms with Gasteiger partial charge in [0, 0.05) is 32.7 Å². The molecular weight excluding hydrogens is 312 g/mol. The first-order valence-corrected chi connectivity index (χ1v) is 8.04. The fourth-order valence-electron chi connectivity index (χ4n) is 2.89. The van der Waals surface area contributed by atoms with Crippen molar-refractivity contribution in [2.75, 3.05) is 39.5 Å². The normalized spacial score (nSPS) is 17.4. The van der Waals surface area contributed by atoms with Crippen LogP contribution in [0.5, 0.6) is 11.5 Å². The molecule has 1 aromatic rings. The molecule has 2 heterocycles. The number of carbonyl (C=O) groups excluding carboxylic acids is 2. The Morgan fingerprint density at radius 3 is 2.79 bits per heavy atom. The summed E-state index contributed by atoms with van der Waals surface area (Å²) >= 11 is 0. The molecule has 2 aliphatic heterocycles. The second-order valence-electron chi connectivity index (χ2n) is 5.93. The van der Waals surface area contributed by atoms with Gasteiger partial charge in [-0.3, -0.25) is 9.69 Å². The molecule has 3 N–H and O–H groups in total. The number of nitrogens with one attached hydrogen (secondary N) is 1. The van der Waals surface area contributed by atoms with Crippen LogP contribution in [0.25, 0.3) is 0 Å². The second kappa shape index (κ2) is 7.39. The first-order valence-electron chi connectivity index (χ1n) is 8.04. The lowest BCUT2D eigenvalue weighted by molar-refractivity contribution is -0.119. The summed E-state index contributed by atoms with van der Waals surface area (Å²) in [5.74, 6) is 1.10. The Balaban J connectivity index is 1.49. The number of fused-ring (bicyclic) bond motifs is 1. The van der Waals surface area contributed by atoms with Crippen LogP contribution in [-0.2, 0) is 11.3 Å². The maximum absolute atomic E-state index is 12.3. The van der Waals surface area contributed by atoms with Gasteiger partial charge in [-0.2, -0.15) is 0 Å². The number of hydrogen-bond donors (Lipinski definition) is 2. The molecule has 0 atom stereocenters. The van der Waals surface area contributed by atoms with E-state index in [9.17, 15) is 9.59 Å². The van der Waals surface area contributed by atoms with Gasteiger partial charge < -0.3 is 25.4 Å². The van der Waals surface area contributed by atoms with Crippen molar-refractivity contribution in [3.63, 3.8) is 0 Å². The highest BCUT2D eigenvalue weighted by molar-refractivity contribution is 5.76. The number of nitrogens with zero attached hydrogens (tertiary/aromatic N) is 2. The van der Waals surface area contributed by atoms with E-state index < -0.39 is 0 Å². The van der Waals surface area contributed by atoms with E-state index in [0.29, 0.717) is 31.9 Å². The molecule has 0 aromatic heterocycles. The van der Waals surface area contributed by atoms with Gasteiger partial charge in [0.25, 0.3) is 0 Å². The number of urea groups is 1. The van der Waals surface area contributed by atoms with E-state index in [2.05, 4.69) is 5.32 Å². The number of benzene rings is 1. The van der Waals surface area contributed by atoms with Crippen LogP contribution in [0.2, 0.25) is 0 Å². The Hall–Kier alpha value is -2.48. The predicted octanol–water partition coefficient (Wildman–Crippen LogP) is 0.118. The molecular formula is C16H22N4O4. The van der Waals surface area contributed by atoms with Crippen LogP contribution in [0.15, 0.2) is 18.2 Å². The summed E-state index contributed by atoms with van der Waals surface area (Å²) < 4.78 is 10.6. The van der Waals surface area contributed by atoms with Gasteiger partial charge in [0.05, 0.1) is 6.54 Å². The third-order valence-electron chi connectivity index (χ3n) is 4.14. The lowest BCUT2D eigenvalue weighted by Crippen LogP contribution is -2.42. The zero-order valence-corrected chi connectivity index (χ0v) is 13.5. The van der Waals surface area contributed by atoms with Crippen LogP contribution in [-0.4, -0.2) is 61.3 Å². The van der Waals surface area contributed by atoms with E-state index in [1.165, 1.54) is 0 Å². The van der Waals surface area contributed by atoms with Crippen molar-refractivity contribution >= 4 is 11.9 Å². The molecule has 0 unspecified atom stereocenters. The summed E-state index contributed by atoms with van der Waals surface area (Å²) in [6.07, 6.45) is 0.824. The Morgan fingerprint density at radius 1 is 1.12 bits per heavy atom. The van der Waals surface area contributed by atoms with Crippen molar-refractivity contribution in [3.8, 4) is 11.5 Å². The molecule has 8 nitrogen and oxygen atoms in total. The highest BCUT2D eigenvalue weighted by Crippen LogP contribution is 2.32. The van der Waals surface area contributed by atoms with Gasteiger partial charge in [0.1, 0.15) is 0 Å². The lowest BCUT2D eigenvalue weighted by atomic mass is 10.2. The van der Waals surface area contributed by atoms with Gasteiger partial charge in [-0.15, -0.1) is 0 Å². The van der Waals surface area contributed by atoms with Crippen molar-refractivity contribution in [1.29, 1.82) is 0 Å². The van der Waals surface area contributed by atoms with E-state index in [4.69, 9.17) is 15.2 Å². The standard InChI is InChI=1S/C16H22N4O4/c17-15(21)10-19-4-1-5-20(7-6-19)16(22)18-9-12-2-3-13-14(8-12)24-11-23-13/h2-3,8H,1,4-7,9-11H2,(H2,17,21)(H,18,22). The minimum Gasteiger partial charge on any atom is -0.454 e. The molecule has 0 aliphatic carbocycles. The quantitative estimate of drug-likeness (QED) is 0.815. The van der Waals surface area contributed by atoms with Crippen LogP contribution in [0.3, 0.4) is 0 Å². The van der Waals surface area contributed by atoms with Crippen LogP contribution < -0.4 is 20.5 Å². The Kier molecular flexibility index (Phi) is 5.05. The van der Waals surface area contributed by atoms with Gasteiger partial charge in [0.15, 0.2) is 11.5 Å². The molecule has 130 valence electrons. The minimum absolute atomic E-state index is 0.103. The minimum atomic E-state index is -0.337. The first kappa shape index (κ1) is 16.4. The summed E-state index contributed by atoms with van der Waals surface area (Å²) in [5.41, 5.74) is 6.18. The maximum Gasteiger partial charge on any atom is 0.317 e. The number of nitrogens with two attached hydrogens (primary N) is 1. The summed E-state index contributed by atoms with van der Waals surface area (Å²) in [4.78, 5) is 27.1. The van der Waals surface area contributed by atoms with Gasteiger partial charge in [-0.1, -0.05) is 6.07 Å². The highest BCUT2D eigenvalue weighted by atomic mass is 16.7. The van der Waals surface area contributed by atoms with Crippen molar-refractivity contribution in [3.05, 3.63) is 23.8 Å². The number of carbonyl (C=O) groups is 2. The molecule has 3 rings (SSSR count). The SMILES string of the molecule is NC(=O)CN1CCCN(C(=O)NCc2ccc3c(c2)OCO3)CC1. The Labute approximate surface area is 140 Å². The van der Waals surface area contributed by atoms with Crippen molar-refractivity contribution in [2.24, 2.45) is 5.73 Å². The van der Waals surface area contributed by atoms with Crippen LogP contribution in [0.1, 0.15) is 12.0 Å². The molecule has 1 aromatic carbocycles. The third-order valence-corrected chi connectivity index (χ3v) is 4.14. The van der Waals surface area contributed by atoms with Crippen LogP contribution in [0.4, 0.5) is 4.79 Å². The fraction of sp³-hybridized carbons (Fsp3) is 0.500. The highest BCUT2D eigenvalue weighted by Gasteiger charge is 2.20. The van der Waals surface area contributed by atoms with E-state index in [1.54, 1.807) is 4.90 Å². The fourth-order valence-corrected chi connectivity index (χ4v) is 2.89. The molecule has 8 heteroatoms. The van der Waals surface area contributed by atoms with Crippen LogP contribution >= 0.6 is 0 Å². The number of primary amides is 1. The van der Waals surface area contributed by atoms with Gasteiger partial charge in [0.2, 0.25) is 12.7 Å². The van der Waals surface area contributed by atoms with E-state index in [-0.39, 0.29) is 25.3 Å². The summed E-state index contributed by atoms with van der Waals surface area (Å²) in [7, 11) is 0. The second-order valence-corrected chi connectivity index (χ2v) is 5.93. The zero-order chi connectivity index (χ0) is 16.9. The largest absolute Gasteiger partial charge is 0.454 e. The Bertz CT molecular complexity index is 622. The van der Waals surface area contributed by atoms with Crippen molar-refractivity contribution < 1.29 is 19.1 Å². The summed E-state index contributed by atoms with van der Waals surface area (Å²) in [6, 6.07) is 5.52. The lowest BCUT2D eigenvalue weighted by Gasteiger charge is -2.21. The van der Waals surface area contributed by atoms with E-state index in [0.717, 1.165) is 24.3 Å². The molecule has 24 heavy (non-hydrogen) atoms. The number of amides is 3. The zero-order valence-electron chi connectivity index (χ0n) is 13.5. The number of rotatable bonds is 4. The average Bonchev–Trinajstić information content (AvgIpc) is 2.90. The summed E-state index contributed by atoms with van der Waals surface area (Å²) in [6.45, 7) is 3.59. The van der Waals surface area contributed by atoms with Crippen LogP contribution in [0, 0.1) is 0 Å². The molecule has 1 fully saturated rings. The van der Waals surface area contributed by atoms with E-state index >= 15 is 0 Å². The van der Waals surface area contributed by atoms with Gasteiger partial charge in [-0.05, 0) is 24.1 Å². The molecule has 0 radical (unpaired) electrons. The molecule has 0 bridgehead atoms. The Morgan fingerprint density at radius 2 is 1.96 bits per heavy atom. The van der Waals surface area contributed by atoms with Gasteiger partial charge >= 0.3 is 6.03 Å². The molecule has 2 aliphatic rings.